The van der Waals surface area contributed by atoms with Gasteiger partial charge in [-0.1, -0.05) is 31.2 Å². The highest BCUT2D eigenvalue weighted by Crippen LogP contribution is 2.19. The van der Waals surface area contributed by atoms with Crippen LogP contribution < -0.4 is 11.0 Å². The molecule has 8 heteroatoms. The molecule has 1 aromatic heterocycles. The van der Waals surface area contributed by atoms with Gasteiger partial charge in [-0.2, -0.15) is 0 Å². The average molecular weight is 396 g/mol. The van der Waals surface area contributed by atoms with E-state index in [0.29, 0.717) is 12.1 Å². The lowest BCUT2D eigenvalue weighted by Gasteiger charge is -2.14. The van der Waals surface area contributed by atoms with Crippen molar-refractivity contribution in [1.29, 1.82) is 0 Å². The molecule has 1 N–H and O–H groups in total. The van der Waals surface area contributed by atoms with E-state index >= 15 is 0 Å². The van der Waals surface area contributed by atoms with E-state index in [1.165, 1.54) is 12.1 Å². The molecule has 0 saturated heterocycles. The molecule has 0 aliphatic rings. The number of para-hydroxylation sites is 2. The van der Waals surface area contributed by atoms with Crippen LogP contribution in [0.25, 0.3) is 11.0 Å². The first-order chi connectivity index (χ1) is 13.9. The SMILES string of the molecule is CCCn1c(=O)n(CCC(=O)NC(C)c2cccc([N+](=O)[O-])c2)c2ccccc21. The number of carbonyl (C=O) groups excluding carboxylic acids is 1. The number of amides is 1. The summed E-state index contributed by atoms with van der Waals surface area (Å²) >= 11 is 0. The van der Waals surface area contributed by atoms with Crippen molar-refractivity contribution in [3.05, 3.63) is 74.7 Å². The van der Waals surface area contributed by atoms with Gasteiger partial charge in [-0.05, 0) is 31.0 Å². The van der Waals surface area contributed by atoms with Crippen LogP contribution in [-0.2, 0) is 17.9 Å². The molecular formula is C21H24N4O4. The molecule has 1 unspecified atom stereocenters. The zero-order valence-electron chi connectivity index (χ0n) is 16.5. The van der Waals surface area contributed by atoms with Crippen molar-refractivity contribution in [3.63, 3.8) is 0 Å². The number of nitro groups is 1. The van der Waals surface area contributed by atoms with Gasteiger partial charge in [0.15, 0.2) is 0 Å². The Morgan fingerprint density at radius 1 is 1.10 bits per heavy atom. The maximum Gasteiger partial charge on any atom is 0.329 e. The first-order valence-corrected chi connectivity index (χ1v) is 9.64. The standard InChI is InChI=1S/C21H24N4O4/c1-3-12-23-18-9-4-5-10-19(18)24(21(23)27)13-11-20(26)22-15(2)16-7-6-8-17(14-16)25(28)29/h4-10,14-15H,3,11-13H2,1-2H3,(H,22,26). The molecule has 1 amide bonds. The molecule has 0 radical (unpaired) electrons. The maximum absolute atomic E-state index is 12.8. The first-order valence-electron chi connectivity index (χ1n) is 9.64. The molecule has 0 fully saturated rings. The Morgan fingerprint density at radius 2 is 1.76 bits per heavy atom. The van der Waals surface area contributed by atoms with Crippen molar-refractivity contribution in [2.75, 3.05) is 0 Å². The Hall–Kier alpha value is -3.42. The highest BCUT2D eigenvalue weighted by atomic mass is 16.6. The van der Waals surface area contributed by atoms with E-state index in [2.05, 4.69) is 5.32 Å². The van der Waals surface area contributed by atoms with Crippen molar-refractivity contribution in [3.8, 4) is 0 Å². The van der Waals surface area contributed by atoms with Gasteiger partial charge in [0.05, 0.1) is 22.0 Å². The lowest BCUT2D eigenvalue weighted by Crippen LogP contribution is -2.30. The van der Waals surface area contributed by atoms with Crippen LogP contribution in [0.15, 0.2) is 53.3 Å². The van der Waals surface area contributed by atoms with E-state index in [9.17, 15) is 19.7 Å². The van der Waals surface area contributed by atoms with E-state index in [1.54, 1.807) is 28.2 Å². The molecule has 2 aromatic carbocycles. The third-order valence-corrected chi connectivity index (χ3v) is 4.89. The summed E-state index contributed by atoms with van der Waals surface area (Å²) in [6.45, 7) is 4.68. The Bertz CT molecular complexity index is 1100. The zero-order valence-corrected chi connectivity index (χ0v) is 16.5. The number of benzene rings is 2. The summed E-state index contributed by atoms with van der Waals surface area (Å²) in [5.41, 5.74) is 2.20. The second-order valence-corrected chi connectivity index (χ2v) is 6.97. The molecule has 0 spiro atoms. The number of carbonyl (C=O) groups is 1. The smallest absolute Gasteiger partial charge is 0.329 e. The first kappa shape index (κ1) is 20.3. The minimum Gasteiger partial charge on any atom is -0.350 e. The van der Waals surface area contributed by atoms with Gasteiger partial charge in [0.25, 0.3) is 5.69 Å². The number of nitro benzene ring substituents is 1. The number of nitrogens with zero attached hydrogens (tertiary/aromatic N) is 3. The van der Waals surface area contributed by atoms with E-state index < -0.39 is 4.92 Å². The zero-order chi connectivity index (χ0) is 21.0. The van der Waals surface area contributed by atoms with Gasteiger partial charge in [0.1, 0.15) is 0 Å². The Kier molecular flexibility index (Phi) is 6.11. The highest BCUT2D eigenvalue weighted by molar-refractivity contribution is 5.78. The van der Waals surface area contributed by atoms with Crippen LogP contribution in [0, 0.1) is 10.1 Å². The Balaban J connectivity index is 1.71. The molecule has 0 aliphatic heterocycles. The molecule has 0 bridgehead atoms. The second-order valence-electron chi connectivity index (χ2n) is 6.97. The number of fused-ring (bicyclic) bond motifs is 1. The number of aryl methyl sites for hydroxylation is 2. The third kappa shape index (κ3) is 4.37. The number of non-ortho nitro benzene ring substituents is 1. The number of hydrogen-bond donors (Lipinski definition) is 1. The molecule has 1 atom stereocenters. The van der Waals surface area contributed by atoms with E-state index in [4.69, 9.17) is 0 Å². The van der Waals surface area contributed by atoms with E-state index in [0.717, 1.165) is 17.5 Å². The second kappa shape index (κ2) is 8.72. The monoisotopic (exact) mass is 396 g/mol. The van der Waals surface area contributed by atoms with Gasteiger partial charge < -0.3 is 5.32 Å². The number of nitrogens with one attached hydrogen (secondary N) is 1. The predicted octanol–water partition coefficient (Wildman–Crippen LogP) is 3.39. The molecule has 152 valence electrons. The molecular weight excluding hydrogens is 372 g/mol. The van der Waals surface area contributed by atoms with E-state index in [1.807, 2.05) is 31.2 Å². The average Bonchev–Trinajstić information content (AvgIpc) is 2.98. The summed E-state index contributed by atoms with van der Waals surface area (Å²) in [6.07, 6.45) is 0.981. The molecule has 3 rings (SSSR count). The summed E-state index contributed by atoms with van der Waals surface area (Å²) in [5.74, 6) is -0.219. The van der Waals surface area contributed by atoms with Crippen molar-refractivity contribution in [2.24, 2.45) is 0 Å². The number of rotatable bonds is 8. The van der Waals surface area contributed by atoms with Gasteiger partial charge in [-0.3, -0.25) is 24.0 Å². The molecule has 1 heterocycles. The number of imidazole rings is 1. The Morgan fingerprint density at radius 3 is 2.38 bits per heavy atom. The summed E-state index contributed by atoms with van der Waals surface area (Å²) in [5, 5.41) is 13.8. The molecule has 0 saturated carbocycles. The van der Waals surface area contributed by atoms with Crippen LogP contribution in [0.3, 0.4) is 0 Å². The molecule has 29 heavy (non-hydrogen) atoms. The fourth-order valence-corrected chi connectivity index (χ4v) is 3.45. The number of aromatic nitrogens is 2. The fourth-order valence-electron chi connectivity index (χ4n) is 3.45. The van der Waals surface area contributed by atoms with E-state index in [-0.39, 0.29) is 36.3 Å². The van der Waals surface area contributed by atoms with Gasteiger partial charge in [0, 0.05) is 31.6 Å². The summed E-state index contributed by atoms with van der Waals surface area (Å²) < 4.78 is 3.36. The largest absolute Gasteiger partial charge is 0.350 e. The van der Waals surface area contributed by atoms with Crippen molar-refractivity contribution in [2.45, 2.75) is 45.8 Å². The summed E-state index contributed by atoms with van der Waals surface area (Å²) in [7, 11) is 0. The minimum atomic E-state index is -0.462. The van der Waals surface area contributed by atoms with Gasteiger partial charge in [0.2, 0.25) is 5.91 Å². The number of hydrogen-bond acceptors (Lipinski definition) is 4. The van der Waals surface area contributed by atoms with Gasteiger partial charge >= 0.3 is 5.69 Å². The third-order valence-electron chi connectivity index (χ3n) is 4.89. The predicted molar refractivity (Wildman–Crippen MR) is 111 cm³/mol. The highest BCUT2D eigenvalue weighted by Gasteiger charge is 2.16. The molecule has 3 aromatic rings. The Labute approximate surface area is 167 Å². The van der Waals surface area contributed by atoms with Crippen molar-refractivity contribution >= 4 is 22.6 Å². The summed E-state index contributed by atoms with van der Waals surface area (Å²) in [6, 6.07) is 13.4. The lowest BCUT2D eigenvalue weighted by molar-refractivity contribution is -0.384. The van der Waals surface area contributed by atoms with Crippen molar-refractivity contribution in [1.82, 2.24) is 14.5 Å². The summed E-state index contributed by atoms with van der Waals surface area (Å²) in [4.78, 5) is 35.7. The van der Waals surface area contributed by atoms with Crippen LogP contribution in [0.1, 0.15) is 38.3 Å². The molecule has 0 aliphatic carbocycles. The van der Waals surface area contributed by atoms with Crippen LogP contribution in [-0.4, -0.2) is 20.0 Å². The molecule has 8 nitrogen and oxygen atoms in total. The van der Waals surface area contributed by atoms with Gasteiger partial charge in [-0.25, -0.2) is 4.79 Å². The minimum absolute atomic E-state index is 0.0149. The topological polar surface area (TPSA) is 99.2 Å². The fraction of sp³-hybridized carbons (Fsp3) is 0.333. The van der Waals surface area contributed by atoms with Crippen LogP contribution >= 0.6 is 0 Å². The van der Waals surface area contributed by atoms with Crippen LogP contribution in [0.5, 0.6) is 0 Å². The maximum atomic E-state index is 12.8. The quantitative estimate of drug-likeness (QED) is 0.466. The van der Waals surface area contributed by atoms with Crippen LogP contribution in [0.4, 0.5) is 5.69 Å². The van der Waals surface area contributed by atoms with Crippen molar-refractivity contribution < 1.29 is 9.72 Å². The van der Waals surface area contributed by atoms with Crippen LogP contribution in [0.2, 0.25) is 0 Å². The van der Waals surface area contributed by atoms with Gasteiger partial charge in [-0.15, -0.1) is 0 Å². The normalized spacial score (nSPS) is 12.1. The lowest BCUT2D eigenvalue weighted by atomic mass is 10.1.